The lowest BCUT2D eigenvalue weighted by Crippen LogP contribution is -2.17. The van der Waals surface area contributed by atoms with E-state index < -0.39 is 5.82 Å². The van der Waals surface area contributed by atoms with Gasteiger partial charge in [0.1, 0.15) is 11.3 Å². The Morgan fingerprint density at radius 1 is 1.30 bits per heavy atom. The maximum atomic E-state index is 14.1. The zero-order valence-electron chi connectivity index (χ0n) is 12.3. The lowest BCUT2D eigenvalue weighted by molar-refractivity contribution is 0.589. The largest absolute Gasteiger partial charge is 0.370 e. The van der Waals surface area contributed by atoms with Crippen LogP contribution in [0.4, 0.5) is 10.2 Å². The minimum Gasteiger partial charge on any atom is -0.370 e. The van der Waals surface area contributed by atoms with Crippen molar-refractivity contribution in [3.05, 3.63) is 34.6 Å². The third kappa shape index (κ3) is 2.88. The van der Waals surface area contributed by atoms with Gasteiger partial charge in [0.2, 0.25) is 0 Å². The van der Waals surface area contributed by atoms with E-state index in [2.05, 4.69) is 38.0 Å². The second-order valence-electron chi connectivity index (χ2n) is 5.99. The minimum absolute atomic E-state index is 0.0621. The second-order valence-corrected chi connectivity index (χ2v) is 6.40. The van der Waals surface area contributed by atoms with Gasteiger partial charge in [0.05, 0.1) is 5.02 Å². The first-order valence-electron chi connectivity index (χ1n) is 6.87. The molecule has 0 fully saturated rings. The molecule has 0 saturated heterocycles. The van der Waals surface area contributed by atoms with Crippen molar-refractivity contribution in [3.63, 3.8) is 0 Å². The number of aromatic nitrogens is 1. The van der Waals surface area contributed by atoms with Crippen molar-refractivity contribution in [2.75, 3.05) is 11.9 Å². The van der Waals surface area contributed by atoms with Gasteiger partial charge in [0.15, 0.2) is 5.82 Å². The topological polar surface area (TPSA) is 24.9 Å². The highest BCUT2D eigenvalue weighted by Gasteiger charge is 2.21. The number of anilines is 1. The van der Waals surface area contributed by atoms with E-state index in [1.54, 1.807) is 6.07 Å². The van der Waals surface area contributed by atoms with Crippen LogP contribution in [-0.2, 0) is 5.41 Å². The predicted molar refractivity (Wildman–Crippen MR) is 84.2 cm³/mol. The summed E-state index contributed by atoms with van der Waals surface area (Å²) in [5, 5.41) is 4.17. The van der Waals surface area contributed by atoms with Gasteiger partial charge in [-0.2, -0.15) is 0 Å². The summed E-state index contributed by atoms with van der Waals surface area (Å²) >= 11 is 5.84. The summed E-state index contributed by atoms with van der Waals surface area (Å²) in [6.45, 7) is 9.27. The van der Waals surface area contributed by atoms with Gasteiger partial charge in [0.25, 0.3) is 0 Å². The van der Waals surface area contributed by atoms with Crippen molar-refractivity contribution >= 4 is 28.3 Å². The first-order chi connectivity index (χ1) is 9.34. The van der Waals surface area contributed by atoms with E-state index in [1.165, 1.54) is 0 Å². The summed E-state index contributed by atoms with van der Waals surface area (Å²) in [5.74, 6) is 0.289. The fraction of sp³-hybridized carbons (Fsp3) is 0.438. The van der Waals surface area contributed by atoms with E-state index in [0.717, 1.165) is 29.7 Å². The van der Waals surface area contributed by atoms with E-state index in [1.807, 2.05) is 12.1 Å². The number of nitrogens with zero attached hydrogens (tertiary/aromatic N) is 1. The van der Waals surface area contributed by atoms with E-state index >= 15 is 0 Å². The summed E-state index contributed by atoms with van der Waals surface area (Å²) in [6.07, 6.45) is 0.987. The molecule has 0 amide bonds. The molecule has 20 heavy (non-hydrogen) atoms. The number of pyridine rings is 1. The molecule has 4 heteroatoms. The fourth-order valence-corrected chi connectivity index (χ4v) is 2.28. The lowest BCUT2D eigenvalue weighted by atomic mass is 9.86. The third-order valence-electron chi connectivity index (χ3n) is 3.23. The predicted octanol–water partition coefficient (Wildman–Crippen LogP) is 5.15. The molecule has 2 aromatic rings. The lowest BCUT2D eigenvalue weighted by Gasteiger charge is -2.23. The summed E-state index contributed by atoms with van der Waals surface area (Å²) in [5.41, 5.74) is 1.34. The van der Waals surface area contributed by atoms with Gasteiger partial charge in [-0.25, -0.2) is 9.37 Å². The average Bonchev–Trinajstić information content (AvgIpc) is 2.39. The van der Waals surface area contributed by atoms with Crippen molar-refractivity contribution in [2.45, 2.75) is 39.5 Å². The molecule has 1 N–H and O–H groups in total. The van der Waals surface area contributed by atoms with Crippen molar-refractivity contribution in [2.24, 2.45) is 0 Å². The molecule has 0 bridgehead atoms. The Kier molecular flexibility index (Phi) is 4.19. The van der Waals surface area contributed by atoms with Crippen LogP contribution in [0, 0.1) is 5.82 Å². The summed E-state index contributed by atoms with van der Waals surface area (Å²) in [4.78, 5) is 4.47. The van der Waals surface area contributed by atoms with Crippen molar-refractivity contribution in [1.29, 1.82) is 0 Å². The summed E-state index contributed by atoms with van der Waals surface area (Å²) < 4.78 is 14.1. The average molecular weight is 295 g/mol. The molecule has 0 atom stereocenters. The monoisotopic (exact) mass is 294 g/mol. The number of halogens is 2. The normalized spacial score (nSPS) is 11.9. The Morgan fingerprint density at radius 3 is 2.60 bits per heavy atom. The SMILES string of the molecule is CCCNc1nc2c(F)c(Cl)ccc2cc1C(C)(C)C. The first-order valence-corrected chi connectivity index (χ1v) is 7.25. The van der Waals surface area contributed by atoms with Crippen LogP contribution in [0.15, 0.2) is 18.2 Å². The Balaban J connectivity index is 2.68. The summed E-state index contributed by atoms with van der Waals surface area (Å²) in [6, 6.07) is 5.39. The van der Waals surface area contributed by atoms with Gasteiger partial charge in [-0.3, -0.25) is 0 Å². The molecule has 2 rings (SSSR count). The van der Waals surface area contributed by atoms with Crippen LogP contribution in [0.1, 0.15) is 39.7 Å². The van der Waals surface area contributed by atoms with Crippen LogP contribution in [0.3, 0.4) is 0 Å². The molecule has 2 nitrogen and oxygen atoms in total. The third-order valence-corrected chi connectivity index (χ3v) is 3.52. The number of hydrogen-bond acceptors (Lipinski definition) is 2. The van der Waals surface area contributed by atoms with Crippen LogP contribution in [0.25, 0.3) is 10.9 Å². The van der Waals surface area contributed by atoms with Crippen LogP contribution < -0.4 is 5.32 Å². The number of nitrogens with one attached hydrogen (secondary N) is 1. The molecule has 0 aliphatic rings. The smallest absolute Gasteiger partial charge is 0.168 e. The molecule has 108 valence electrons. The van der Waals surface area contributed by atoms with Crippen molar-refractivity contribution < 1.29 is 4.39 Å². The van der Waals surface area contributed by atoms with E-state index in [4.69, 9.17) is 11.6 Å². The molecule has 0 aliphatic carbocycles. The summed E-state index contributed by atoms with van der Waals surface area (Å²) in [7, 11) is 0. The van der Waals surface area contributed by atoms with Gasteiger partial charge < -0.3 is 5.32 Å². The van der Waals surface area contributed by atoms with E-state index in [-0.39, 0.29) is 10.4 Å². The van der Waals surface area contributed by atoms with Gasteiger partial charge in [-0.05, 0) is 24.0 Å². The fourth-order valence-electron chi connectivity index (χ4n) is 2.13. The standard InChI is InChI=1S/C16H20ClFN2/c1-5-8-19-15-11(16(2,3)4)9-10-6-7-12(17)13(18)14(10)20-15/h6-7,9H,5,8H2,1-4H3,(H,19,20). The molecular formula is C16H20ClFN2. The molecule has 1 aromatic carbocycles. The van der Waals surface area contributed by atoms with Gasteiger partial charge in [-0.15, -0.1) is 0 Å². The number of benzene rings is 1. The molecule has 1 heterocycles. The van der Waals surface area contributed by atoms with Gasteiger partial charge in [0, 0.05) is 17.5 Å². The Hall–Kier alpha value is -1.35. The Morgan fingerprint density at radius 2 is 2.00 bits per heavy atom. The van der Waals surface area contributed by atoms with Crippen LogP contribution in [-0.4, -0.2) is 11.5 Å². The zero-order valence-corrected chi connectivity index (χ0v) is 13.1. The first kappa shape index (κ1) is 15.0. The van der Waals surface area contributed by atoms with Crippen molar-refractivity contribution in [1.82, 2.24) is 4.98 Å². The Bertz CT molecular complexity index is 632. The molecule has 0 saturated carbocycles. The molecule has 0 spiro atoms. The van der Waals surface area contributed by atoms with Crippen LogP contribution in [0.2, 0.25) is 5.02 Å². The maximum Gasteiger partial charge on any atom is 0.168 e. The Labute approximate surface area is 124 Å². The minimum atomic E-state index is -0.454. The molecule has 0 aliphatic heterocycles. The second kappa shape index (κ2) is 5.57. The van der Waals surface area contributed by atoms with Crippen LogP contribution in [0.5, 0.6) is 0 Å². The van der Waals surface area contributed by atoms with Crippen molar-refractivity contribution in [3.8, 4) is 0 Å². The number of rotatable bonds is 3. The maximum absolute atomic E-state index is 14.1. The molecule has 1 aromatic heterocycles. The molecule has 0 radical (unpaired) electrons. The highest BCUT2D eigenvalue weighted by Crippen LogP contribution is 2.33. The quantitative estimate of drug-likeness (QED) is 0.847. The van der Waals surface area contributed by atoms with Gasteiger partial charge >= 0.3 is 0 Å². The van der Waals surface area contributed by atoms with Gasteiger partial charge in [-0.1, -0.05) is 45.4 Å². The highest BCUT2D eigenvalue weighted by molar-refractivity contribution is 6.31. The number of fused-ring (bicyclic) bond motifs is 1. The van der Waals surface area contributed by atoms with E-state index in [0.29, 0.717) is 5.52 Å². The molecular weight excluding hydrogens is 275 g/mol. The number of hydrogen-bond donors (Lipinski definition) is 1. The highest BCUT2D eigenvalue weighted by atomic mass is 35.5. The zero-order chi connectivity index (χ0) is 14.9. The van der Waals surface area contributed by atoms with E-state index in [9.17, 15) is 4.39 Å². The van der Waals surface area contributed by atoms with Crippen LogP contribution >= 0.6 is 11.6 Å². The molecule has 0 unspecified atom stereocenters.